The fourth-order valence-corrected chi connectivity index (χ4v) is 5.95. The summed E-state index contributed by atoms with van der Waals surface area (Å²) in [6.07, 6.45) is 1.86. The van der Waals surface area contributed by atoms with E-state index >= 15 is 0 Å². The fourth-order valence-electron chi connectivity index (χ4n) is 5.03. The van der Waals surface area contributed by atoms with Crippen LogP contribution in [0.3, 0.4) is 0 Å². The molecule has 2 atom stereocenters. The fraction of sp³-hybridized carbons (Fsp3) is 0.344. The Morgan fingerprint density at radius 1 is 0.951 bits per heavy atom. The van der Waals surface area contributed by atoms with Crippen molar-refractivity contribution in [2.45, 2.75) is 63.9 Å². The third kappa shape index (κ3) is 8.75. The van der Waals surface area contributed by atoms with Crippen molar-refractivity contribution in [2.75, 3.05) is 0 Å². The average Bonchev–Trinajstić information content (AvgIpc) is 3.35. The summed E-state index contributed by atoms with van der Waals surface area (Å²) >= 11 is 1.53. The maximum atomic E-state index is 13.3. The van der Waals surface area contributed by atoms with Crippen molar-refractivity contribution in [3.8, 4) is 5.69 Å². The Bertz CT molecular complexity index is 1430. The van der Waals surface area contributed by atoms with E-state index < -0.39 is 11.0 Å². The van der Waals surface area contributed by atoms with Crippen LogP contribution in [0.25, 0.3) is 5.69 Å². The van der Waals surface area contributed by atoms with Crippen molar-refractivity contribution >= 4 is 23.4 Å². The highest BCUT2D eigenvalue weighted by molar-refractivity contribution is 7.98. The molecule has 0 saturated heterocycles. The second-order valence-corrected chi connectivity index (χ2v) is 12.6. The lowest BCUT2D eigenvalue weighted by Crippen LogP contribution is -2.33. The summed E-state index contributed by atoms with van der Waals surface area (Å²) in [7, 11) is 0. The van der Waals surface area contributed by atoms with Crippen LogP contribution in [0.5, 0.6) is 0 Å². The van der Waals surface area contributed by atoms with Gasteiger partial charge in [0, 0.05) is 30.0 Å². The smallest absolute Gasteiger partial charge is 0.269 e. The number of carbonyl (C=O) groups is 1. The maximum absolute atomic E-state index is 13.3. The molecule has 1 aromatic heterocycles. The Balaban J connectivity index is 1.70. The van der Waals surface area contributed by atoms with Gasteiger partial charge in [-0.15, -0.1) is 10.2 Å². The van der Waals surface area contributed by atoms with Crippen LogP contribution in [0.15, 0.2) is 90.1 Å². The van der Waals surface area contributed by atoms with Gasteiger partial charge in [0.05, 0.1) is 11.0 Å². The summed E-state index contributed by atoms with van der Waals surface area (Å²) in [5, 5.41) is 24.3. The summed E-state index contributed by atoms with van der Waals surface area (Å²) in [5.74, 6) is 1.43. The standard InChI is InChI=1S/C32H37N5O3S/c1-23(21-32(2,3)4)19-29(38)33-28(20-24-11-7-5-8-12-24)30-34-35-31(41-22-25-13-9-6-10-14-25)36(30)26-15-17-27(18-16-26)37(39)40/h5-18,23,28H,19-22H2,1-4H3,(H,33,38). The molecule has 4 aromatic rings. The van der Waals surface area contributed by atoms with Gasteiger partial charge in [0.2, 0.25) is 5.91 Å². The first-order valence-electron chi connectivity index (χ1n) is 13.8. The molecule has 3 aromatic carbocycles. The van der Waals surface area contributed by atoms with E-state index in [0.717, 1.165) is 17.5 Å². The van der Waals surface area contributed by atoms with Crippen LogP contribution >= 0.6 is 11.8 Å². The number of benzene rings is 3. The predicted octanol–water partition coefficient (Wildman–Crippen LogP) is 7.33. The van der Waals surface area contributed by atoms with E-state index in [2.05, 4.69) is 55.3 Å². The Kier molecular flexibility index (Phi) is 9.94. The van der Waals surface area contributed by atoms with E-state index in [1.807, 2.05) is 53.1 Å². The zero-order valence-corrected chi connectivity index (χ0v) is 24.8. The van der Waals surface area contributed by atoms with Gasteiger partial charge in [-0.3, -0.25) is 19.5 Å². The molecule has 0 spiro atoms. The van der Waals surface area contributed by atoms with Crippen molar-refractivity contribution in [3.05, 3.63) is 112 Å². The molecule has 0 fully saturated rings. The zero-order chi connectivity index (χ0) is 29.4. The molecular weight excluding hydrogens is 534 g/mol. The number of nitro groups is 1. The minimum atomic E-state index is -0.458. The number of hydrogen-bond donors (Lipinski definition) is 1. The molecule has 8 nitrogen and oxygen atoms in total. The first kappa shape index (κ1) is 30.0. The second kappa shape index (κ2) is 13.6. The lowest BCUT2D eigenvalue weighted by Gasteiger charge is -2.24. The van der Waals surface area contributed by atoms with Crippen molar-refractivity contribution in [2.24, 2.45) is 11.3 Å². The quantitative estimate of drug-likeness (QED) is 0.108. The molecule has 41 heavy (non-hydrogen) atoms. The SMILES string of the molecule is CC(CC(=O)NC(Cc1ccccc1)c1nnc(SCc2ccccc2)n1-c1ccc([N+](=O)[O-])cc1)CC(C)(C)C. The molecule has 1 N–H and O–H groups in total. The normalized spacial score (nSPS) is 13.0. The number of nitrogens with one attached hydrogen (secondary N) is 1. The van der Waals surface area contributed by atoms with E-state index in [4.69, 9.17) is 0 Å². The van der Waals surface area contributed by atoms with Gasteiger partial charge in [0.15, 0.2) is 11.0 Å². The number of rotatable bonds is 12. The number of thioether (sulfide) groups is 1. The predicted molar refractivity (Wildman–Crippen MR) is 163 cm³/mol. The minimum Gasteiger partial charge on any atom is -0.346 e. The first-order chi connectivity index (χ1) is 19.6. The number of carbonyl (C=O) groups excluding carboxylic acids is 1. The maximum Gasteiger partial charge on any atom is 0.269 e. The van der Waals surface area contributed by atoms with E-state index in [1.54, 1.807) is 12.1 Å². The van der Waals surface area contributed by atoms with Crippen LogP contribution < -0.4 is 5.32 Å². The molecule has 1 amide bonds. The van der Waals surface area contributed by atoms with Crippen LogP contribution in [-0.2, 0) is 17.0 Å². The highest BCUT2D eigenvalue weighted by atomic mass is 32.2. The molecule has 0 bridgehead atoms. The number of nitrogens with zero attached hydrogens (tertiary/aromatic N) is 4. The van der Waals surface area contributed by atoms with Gasteiger partial charge < -0.3 is 5.32 Å². The largest absolute Gasteiger partial charge is 0.346 e. The summed E-state index contributed by atoms with van der Waals surface area (Å²) in [5.41, 5.74) is 3.02. The third-order valence-electron chi connectivity index (χ3n) is 6.61. The van der Waals surface area contributed by atoms with Crippen LogP contribution in [0.2, 0.25) is 0 Å². The Morgan fingerprint density at radius 2 is 1.56 bits per heavy atom. The number of aromatic nitrogens is 3. The van der Waals surface area contributed by atoms with Crippen molar-refractivity contribution in [1.29, 1.82) is 0 Å². The number of nitro benzene ring substituents is 1. The summed E-state index contributed by atoms with van der Waals surface area (Å²) in [6, 6.07) is 25.9. The molecule has 214 valence electrons. The molecule has 9 heteroatoms. The van der Waals surface area contributed by atoms with Crippen LogP contribution in [-0.4, -0.2) is 25.6 Å². The highest BCUT2D eigenvalue weighted by Gasteiger charge is 2.26. The Morgan fingerprint density at radius 3 is 2.15 bits per heavy atom. The zero-order valence-electron chi connectivity index (χ0n) is 24.0. The highest BCUT2D eigenvalue weighted by Crippen LogP contribution is 2.31. The van der Waals surface area contributed by atoms with Crippen molar-refractivity contribution < 1.29 is 9.72 Å². The van der Waals surface area contributed by atoms with Gasteiger partial charge in [0.25, 0.3) is 5.69 Å². The third-order valence-corrected chi connectivity index (χ3v) is 7.61. The number of non-ortho nitro benzene ring substituents is 1. The summed E-state index contributed by atoms with van der Waals surface area (Å²) < 4.78 is 1.91. The van der Waals surface area contributed by atoms with Gasteiger partial charge in [-0.1, -0.05) is 100 Å². The Labute approximate surface area is 245 Å². The van der Waals surface area contributed by atoms with E-state index in [1.165, 1.54) is 23.9 Å². The monoisotopic (exact) mass is 571 g/mol. The van der Waals surface area contributed by atoms with Crippen molar-refractivity contribution in [3.63, 3.8) is 0 Å². The second-order valence-electron chi connectivity index (χ2n) is 11.6. The Hall–Kier alpha value is -3.98. The van der Waals surface area contributed by atoms with Crippen molar-refractivity contribution in [1.82, 2.24) is 20.1 Å². The minimum absolute atomic E-state index is 0.00355. The molecule has 1 heterocycles. The van der Waals surface area contributed by atoms with Crippen LogP contribution in [0.1, 0.15) is 63.5 Å². The van der Waals surface area contributed by atoms with Gasteiger partial charge in [0.1, 0.15) is 0 Å². The lowest BCUT2D eigenvalue weighted by molar-refractivity contribution is -0.384. The summed E-state index contributed by atoms with van der Waals surface area (Å²) in [6.45, 7) is 8.65. The summed E-state index contributed by atoms with van der Waals surface area (Å²) in [4.78, 5) is 24.3. The number of amides is 1. The van der Waals surface area contributed by atoms with E-state index in [9.17, 15) is 14.9 Å². The van der Waals surface area contributed by atoms with Crippen LogP contribution in [0, 0.1) is 21.4 Å². The number of hydrogen-bond acceptors (Lipinski definition) is 6. The molecule has 0 radical (unpaired) electrons. The van der Waals surface area contributed by atoms with Crippen LogP contribution in [0.4, 0.5) is 5.69 Å². The molecule has 4 rings (SSSR count). The molecule has 0 saturated carbocycles. The van der Waals surface area contributed by atoms with E-state index in [-0.39, 0.29) is 22.9 Å². The topological polar surface area (TPSA) is 103 Å². The molecule has 0 aliphatic rings. The molecular formula is C32H37N5O3S. The van der Waals surface area contributed by atoms with Gasteiger partial charge >= 0.3 is 0 Å². The van der Waals surface area contributed by atoms with Gasteiger partial charge in [-0.05, 0) is 47.4 Å². The lowest BCUT2D eigenvalue weighted by atomic mass is 9.84. The molecule has 0 aliphatic carbocycles. The molecule has 2 unspecified atom stereocenters. The van der Waals surface area contributed by atoms with E-state index in [0.29, 0.717) is 35.3 Å². The van der Waals surface area contributed by atoms with Gasteiger partial charge in [-0.25, -0.2) is 0 Å². The average molecular weight is 572 g/mol. The molecule has 0 aliphatic heterocycles. The first-order valence-corrected chi connectivity index (χ1v) is 14.8. The van der Waals surface area contributed by atoms with Gasteiger partial charge in [-0.2, -0.15) is 0 Å².